The molecule has 0 fully saturated rings. The molecule has 1 N–H and O–H groups in total. The van der Waals surface area contributed by atoms with Crippen LogP contribution in [0.1, 0.15) is 27.2 Å². The van der Waals surface area contributed by atoms with Crippen molar-refractivity contribution in [3.8, 4) is 0 Å². The summed E-state index contributed by atoms with van der Waals surface area (Å²) in [5, 5.41) is 0.834. The molecule has 122 valence electrons. The highest BCUT2D eigenvalue weighted by Gasteiger charge is 2.14. The molecule has 1 aromatic carbocycles. The number of benzene rings is 1. The van der Waals surface area contributed by atoms with E-state index in [0.717, 1.165) is 29.6 Å². The maximum absolute atomic E-state index is 12.7. The molecule has 4 aromatic rings. The SMILES string of the molecule is O=C(c1ccc(CCc2ccccc2)nc1)c1c[nH]c2ncccc12. The quantitative estimate of drug-likeness (QED) is 0.564. The summed E-state index contributed by atoms with van der Waals surface area (Å²) in [6.45, 7) is 0. The fourth-order valence-electron chi connectivity index (χ4n) is 2.92. The molecule has 3 aromatic heterocycles. The number of ketones is 1. The Bertz CT molecular complexity index is 1000. The largest absolute Gasteiger partial charge is 0.345 e. The fraction of sp³-hybridized carbons (Fsp3) is 0.0952. The minimum atomic E-state index is -0.0404. The minimum absolute atomic E-state index is 0.0404. The number of nitrogens with one attached hydrogen (secondary N) is 1. The van der Waals surface area contributed by atoms with Crippen molar-refractivity contribution in [2.24, 2.45) is 0 Å². The number of aromatic nitrogens is 3. The third kappa shape index (κ3) is 3.19. The number of pyridine rings is 2. The van der Waals surface area contributed by atoms with Crippen LogP contribution in [0, 0.1) is 0 Å². The summed E-state index contributed by atoms with van der Waals surface area (Å²) in [5.41, 5.74) is 4.21. The minimum Gasteiger partial charge on any atom is -0.345 e. The van der Waals surface area contributed by atoms with Gasteiger partial charge in [0, 0.05) is 40.8 Å². The Kier molecular flexibility index (Phi) is 4.09. The van der Waals surface area contributed by atoms with Gasteiger partial charge in [-0.2, -0.15) is 0 Å². The first-order valence-electron chi connectivity index (χ1n) is 8.27. The first-order valence-corrected chi connectivity index (χ1v) is 8.27. The summed E-state index contributed by atoms with van der Waals surface area (Å²) in [6, 6.07) is 17.8. The van der Waals surface area contributed by atoms with Gasteiger partial charge < -0.3 is 4.98 Å². The number of carbonyl (C=O) groups is 1. The van der Waals surface area contributed by atoms with Crippen LogP contribution >= 0.6 is 0 Å². The van der Waals surface area contributed by atoms with Gasteiger partial charge in [0.2, 0.25) is 0 Å². The number of nitrogens with zero attached hydrogens (tertiary/aromatic N) is 2. The van der Waals surface area contributed by atoms with E-state index in [9.17, 15) is 4.79 Å². The third-order valence-electron chi connectivity index (χ3n) is 4.30. The highest BCUT2D eigenvalue weighted by atomic mass is 16.1. The summed E-state index contributed by atoms with van der Waals surface area (Å²) in [6.07, 6.45) is 6.88. The summed E-state index contributed by atoms with van der Waals surface area (Å²) < 4.78 is 0. The lowest BCUT2D eigenvalue weighted by Gasteiger charge is -2.03. The molecule has 0 aliphatic carbocycles. The summed E-state index contributed by atoms with van der Waals surface area (Å²) >= 11 is 0. The highest BCUT2D eigenvalue weighted by Crippen LogP contribution is 2.19. The molecule has 0 aliphatic heterocycles. The topological polar surface area (TPSA) is 58.6 Å². The van der Waals surface area contributed by atoms with Crippen LogP contribution in [0.5, 0.6) is 0 Å². The molecule has 3 heterocycles. The van der Waals surface area contributed by atoms with E-state index >= 15 is 0 Å². The molecule has 0 saturated heterocycles. The Labute approximate surface area is 145 Å². The zero-order chi connectivity index (χ0) is 17.1. The Balaban J connectivity index is 1.51. The predicted octanol–water partition coefficient (Wildman–Crippen LogP) is 3.97. The van der Waals surface area contributed by atoms with E-state index in [-0.39, 0.29) is 5.78 Å². The lowest BCUT2D eigenvalue weighted by Crippen LogP contribution is -2.03. The van der Waals surface area contributed by atoms with Crippen LogP contribution in [0.2, 0.25) is 0 Å². The zero-order valence-electron chi connectivity index (χ0n) is 13.6. The number of hydrogen-bond donors (Lipinski definition) is 1. The molecular weight excluding hydrogens is 310 g/mol. The van der Waals surface area contributed by atoms with Gasteiger partial charge >= 0.3 is 0 Å². The number of H-pyrrole nitrogens is 1. The second kappa shape index (κ2) is 6.69. The smallest absolute Gasteiger partial charge is 0.196 e. The Hall–Kier alpha value is -3.27. The molecule has 0 amide bonds. The molecule has 0 unspecified atom stereocenters. The predicted molar refractivity (Wildman–Crippen MR) is 97.6 cm³/mol. The molecule has 25 heavy (non-hydrogen) atoms. The van der Waals surface area contributed by atoms with Crippen LogP contribution in [0.25, 0.3) is 11.0 Å². The van der Waals surface area contributed by atoms with E-state index in [0.29, 0.717) is 11.1 Å². The van der Waals surface area contributed by atoms with Gasteiger partial charge in [0.05, 0.1) is 0 Å². The van der Waals surface area contributed by atoms with E-state index in [1.807, 2.05) is 42.5 Å². The van der Waals surface area contributed by atoms with E-state index in [4.69, 9.17) is 0 Å². The van der Waals surface area contributed by atoms with Gasteiger partial charge in [-0.15, -0.1) is 0 Å². The van der Waals surface area contributed by atoms with Gasteiger partial charge in [-0.3, -0.25) is 9.78 Å². The fourth-order valence-corrected chi connectivity index (χ4v) is 2.92. The molecule has 4 heteroatoms. The van der Waals surface area contributed by atoms with Crippen LogP contribution in [0.4, 0.5) is 0 Å². The van der Waals surface area contributed by atoms with Crippen molar-refractivity contribution in [2.45, 2.75) is 12.8 Å². The molecular formula is C21H17N3O. The summed E-state index contributed by atoms with van der Waals surface area (Å²) in [5.74, 6) is -0.0404. The number of carbonyl (C=O) groups excluding carboxylic acids is 1. The van der Waals surface area contributed by atoms with Crippen LogP contribution < -0.4 is 0 Å². The maximum atomic E-state index is 12.7. The second-order valence-electron chi connectivity index (χ2n) is 5.95. The average molecular weight is 327 g/mol. The Morgan fingerprint density at radius 3 is 2.60 bits per heavy atom. The monoisotopic (exact) mass is 327 g/mol. The first-order chi connectivity index (χ1) is 12.3. The van der Waals surface area contributed by atoms with Gasteiger partial charge in [-0.1, -0.05) is 30.3 Å². The molecule has 0 atom stereocenters. The van der Waals surface area contributed by atoms with Crippen LogP contribution in [-0.2, 0) is 12.8 Å². The Morgan fingerprint density at radius 2 is 1.80 bits per heavy atom. The molecule has 4 rings (SSSR count). The second-order valence-corrected chi connectivity index (χ2v) is 5.95. The van der Waals surface area contributed by atoms with Crippen molar-refractivity contribution in [2.75, 3.05) is 0 Å². The van der Waals surface area contributed by atoms with Crippen LogP contribution in [-0.4, -0.2) is 20.7 Å². The number of rotatable bonds is 5. The lowest BCUT2D eigenvalue weighted by molar-refractivity contribution is 0.104. The third-order valence-corrected chi connectivity index (χ3v) is 4.30. The molecule has 0 spiro atoms. The Morgan fingerprint density at radius 1 is 0.920 bits per heavy atom. The van der Waals surface area contributed by atoms with Crippen LogP contribution in [0.3, 0.4) is 0 Å². The first kappa shape index (κ1) is 15.3. The molecule has 4 nitrogen and oxygen atoms in total. The molecule has 0 bridgehead atoms. The van der Waals surface area contributed by atoms with Gasteiger partial charge in [-0.25, -0.2) is 4.98 Å². The number of fused-ring (bicyclic) bond motifs is 1. The van der Waals surface area contributed by atoms with Crippen molar-refractivity contribution >= 4 is 16.8 Å². The van der Waals surface area contributed by atoms with Gasteiger partial charge in [-0.05, 0) is 42.7 Å². The van der Waals surface area contributed by atoms with Crippen molar-refractivity contribution in [1.29, 1.82) is 0 Å². The normalized spacial score (nSPS) is 10.9. The van der Waals surface area contributed by atoms with Gasteiger partial charge in [0.25, 0.3) is 0 Å². The number of aromatic amines is 1. The average Bonchev–Trinajstić information content (AvgIpc) is 3.11. The van der Waals surface area contributed by atoms with Crippen molar-refractivity contribution in [3.05, 3.63) is 95.6 Å². The number of hydrogen-bond acceptors (Lipinski definition) is 3. The zero-order valence-corrected chi connectivity index (χ0v) is 13.6. The highest BCUT2D eigenvalue weighted by molar-refractivity contribution is 6.15. The van der Waals surface area contributed by atoms with Crippen molar-refractivity contribution in [3.63, 3.8) is 0 Å². The van der Waals surface area contributed by atoms with Gasteiger partial charge in [0.1, 0.15) is 5.65 Å². The maximum Gasteiger partial charge on any atom is 0.196 e. The number of aryl methyl sites for hydroxylation is 2. The van der Waals surface area contributed by atoms with Crippen LogP contribution in [0.15, 0.2) is 73.2 Å². The lowest BCUT2D eigenvalue weighted by atomic mass is 10.0. The van der Waals surface area contributed by atoms with E-state index in [2.05, 4.69) is 27.1 Å². The molecule has 0 radical (unpaired) electrons. The van der Waals surface area contributed by atoms with Crippen molar-refractivity contribution in [1.82, 2.24) is 15.0 Å². The standard InChI is InChI=1S/C21H17N3O/c25-20(19-14-24-21-18(19)7-4-12-22-21)16-9-11-17(23-13-16)10-8-15-5-2-1-3-6-15/h1-7,9,11-14H,8,10H2,(H,22,24). The molecule has 0 saturated carbocycles. The van der Waals surface area contributed by atoms with E-state index in [1.54, 1.807) is 18.6 Å². The van der Waals surface area contributed by atoms with E-state index in [1.165, 1.54) is 5.56 Å². The molecule has 0 aliphatic rings. The van der Waals surface area contributed by atoms with E-state index < -0.39 is 0 Å². The summed E-state index contributed by atoms with van der Waals surface area (Å²) in [7, 11) is 0. The van der Waals surface area contributed by atoms with Gasteiger partial charge in [0.15, 0.2) is 5.78 Å². The summed E-state index contributed by atoms with van der Waals surface area (Å²) in [4.78, 5) is 24.4. The van der Waals surface area contributed by atoms with Crippen molar-refractivity contribution < 1.29 is 4.79 Å².